The van der Waals surface area contributed by atoms with Crippen molar-refractivity contribution in [1.29, 1.82) is 0 Å². The number of nitrogens with zero attached hydrogens (tertiary/aromatic N) is 1. The molecule has 0 unspecified atom stereocenters. The molecular formula is C48H29NO2S. The minimum atomic E-state index is 0.900. The largest absolute Gasteiger partial charge is 0.456 e. The maximum Gasteiger partial charge on any atom is 0.143 e. The Kier molecular flexibility index (Phi) is 6.42. The molecule has 0 saturated carbocycles. The Morgan fingerprint density at radius 1 is 0.404 bits per heavy atom. The van der Waals surface area contributed by atoms with Gasteiger partial charge in [0.2, 0.25) is 0 Å². The van der Waals surface area contributed by atoms with Crippen molar-refractivity contribution >= 4 is 92.4 Å². The Hall–Kier alpha value is -6.62. The van der Waals surface area contributed by atoms with Crippen LogP contribution in [0.5, 0.6) is 0 Å². The first-order valence-corrected chi connectivity index (χ1v) is 18.3. The van der Waals surface area contributed by atoms with Gasteiger partial charge in [0.05, 0.1) is 10.4 Å². The number of benzene rings is 8. The molecule has 0 bridgehead atoms. The van der Waals surface area contributed by atoms with Crippen molar-refractivity contribution in [2.75, 3.05) is 4.90 Å². The quantitative estimate of drug-likeness (QED) is 0.181. The van der Waals surface area contributed by atoms with E-state index in [2.05, 4.69) is 157 Å². The molecule has 0 fully saturated rings. The molecule has 3 heterocycles. The lowest BCUT2D eigenvalue weighted by Crippen LogP contribution is -2.10. The fraction of sp³-hybridized carbons (Fsp3) is 0. The van der Waals surface area contributed by atoms with Crippen molar-refractivity contribution in [1.82, 2.24) is 0 Å². The van der Waals surface area contributed by atoms with E-state index in [9.17, 15) is 0 Å². The molecule has 11 aromatic rings. The molecule has 3 aromatic heterocycles. The fourth-order valence-electron chi connectivity index (χ4n) is 7.93. The molecule has 0 aliphatic rings. The number of rotatable bonds is 5. The van der Waals surface area contributed by atoms with Gasteiger partial charge in [-0.25, -0.2) is 0 Å². The molecule has 8 aromatic carbocycles. The van der Waals surface area contributed by atoms with Gasteiger partial charge in [-0.3, -0.25) is 0 Å². The van der Waals surface area contributed by atoms with Crippen LogP contribution in [0.25, 0.3) is 86.3 Å². The normalized spacial score (nSPS) is 11.8. The first-order chi connectivity index (χ1) is 25.8. The summed E-state index contributed by atoms with van der Waals surface area (Å²) in [5.41, 5.74) is 11.4. The van der Waals surface area contributed by atoms with Crippen LogP contribution in [0, 0.1) is 0 Å². The molecule has 52 heavy (non-hydrogen) atoms. The first-order valence-electron chi connectivity index (χ1n) is 17.5. The third kappa shape index (κ3) is 4.45. The lowest BCUT2D eigenvalue weighted by atomic mass is 9.98. The van der Waals surface area contributed by atoms with E-state index in [-0.39, 0.29) is 0 Å². The molecule has 4 heteroatoms. The van der Waals surface area contributed by atoms with Crippen LogP contribution in [0.1, 0.15) is 0 Å². The molecule has 11 rings (SSSR count). The van der Waals surface area contributed by atoms with Crippen LogP contribution >= 0.6 is 11.3 Å². The Labute approximate surface area is 303 Å². The molecule has 0 spiro atoms. The molecule has 0 aliphatic heterocycles. The van der Waals surface area contributed by atoms with Gasteiger partial charge < -0.3 is 13.7 Å². The maximum absolute atomic E-state index is 6.49. The van der Waals surface area contributed by atoms with Crippen molar-refractivity contribution in [3.05, 3.63) is 176 Å². The molecule has 0 atom stereocenters. The topological polar surface area (TPSA) is 29.5 Å². The van der Waals surface area contributed by atoms with Gasteiger partial charge in [0.1, 0.15) is 22.3 Å². The Balaban J connectivity index is 1.10. The Morgan fingerprint density at radius 3 is 1.94 bits per heavy atom. The average molecular weight is 684 g/mol. The van der Waals surface area contributed by atoms with Crippen LogP contribution in [0.3, 0.4) is 0 Å². The third-order valence-corrected chi connectivity index (χ3v) is 11.5. The van der Waals surface area contributed by atoms with Gasteiger partial charge in [0.25, 0.3) is 0 Å². The van der Waals surface area contributed by atoms with Crippen molar-refractivity contribution in [3.8, 4) is 22.3 Å². The average Bonchev–Trinajstić information content (AvgIpc) is 3.90. The van der Waals surface area contributed by atoms with E-state index < -0.39 is 0 Å². The highest BCUT2D eigenvalue weighted by Crippen LogP contribution is 2.46. The van der Waals surface area contributed by atoms with Gasteiger partial charge >= 0.3 is 0 Å². The van der Waals surface area contributed by atoms with E-state index in [1.807, 2.05) is 35.6 Å². The van der Waals surface area contributed by atoms with Gasteiger partial charge in [-0.1, -0.05) is 121 Å². The number of hydrogen-bond donors (Lipinski definition) is 0. The molecular weight excluding hydrogens is 655 g/mol. The maximum atomic E-state index is 6.49. The minimum absolute atomic E-state index is 0.900. The number of anilines is 3. The SMILES string of the molecule is c1cc(-c2cccc3c2oc2ccccc23)cc(N(c2ccc(-c3cccc4oc5ccccc5c34)cc2)c2cccc3c2sc2ccccc23)c1. The molecule has 3 nitrogen and oxygen atoms in total. The van der Waals surface area contributed by atoms with Gasteiger partial charge in [-0.2, -0.15) is 0 Å². The minimum Gasteiger partial charge on any atom is -0.456 e. The smallest absolute Gasteiger partial charge is 0.143 e. The summed E-state index contributed by atoms with van der Waals surface area (Å²) >= 11 is 1.85. The summed E-state index contributed by atoms with van der Waals surface area (Å²) < 4.78 is 15.3. The van der Waals surface area contributed by atoms with Gasteiger partial charge in [-0.05, 0) is 71.3 Å². The molecule has 0 radical (unpaired) electrons. The number of furan rings is 2. The van der Waals surface area contributed by atoms with E-state index in [0.717, 1.165) is 83.2 Å². The van der Waals surface area contributed by atoms with Gasteiger partial charge in [0.15, 0.2) is 0 Å². The summed E-state index contributed by atoms with van der Waals surface area (Å²) in [6, 6.07) is 62.5. The predicted molar refractivity (Wildman–Crippen MR) is 219 cm³/mol. The zero-order valence-corrected chi connectivity index (χ0v) is 28.7. The molecule has 0 N–H and O–H groups in total. The lowest BCUT2D eigenvalue weighted by Gasteiger charge is -2.27. The van der Waals surface area contributed by atoms with Gasteiger partial charge in [-0.15, -0.1) is 11.3 Å². The van der Waals surface area contributed by atoms with E-state index >= 15 is 0 Å². The lowest BCUT2D eigenvalue weighted by molar-refractivity contribution is 0.669. The summed E-state index contributed by atoms with van der Waals surface area (Å²) in [6.07, 6.45) is 0. The number of para-hydroxylation sites is 3. The number of hydrogen-bond acceptors (Lipinski definition) is 4. The second-order valence-electron chi connectivity index (χ2n) is 13.2. The highest BCUT2D eigenvalue weighted by atomic mass is 32.1. The molecule has 0 amide bonds. The Bertz CT molecular complexity index is 3150. The van der Waals surface area contributed by atoms with Crippen LogP contribution in [0.2, 0.25) is 0 Å². The zero-order valence-electron chi connectivity index (χ0n) is 27.9. The Morgan fingerprint density at radius 2 is 1.06 bits per heavy atom. The zero-order chi connectivity index (χ0) is 34.2. The van der Waals surface area contributed by atoms with Crippen molar-refractivity contribution < 1.29 is 8.83 Å². The van der Waals surface area contributed by atoms with E-state index in [1.54, 1.807) is 0 Å². The van der Waals surface area contributed by atoms with Crippen LogP contribution in [-0.4, -0.2) is 0 Å². The summed E-state index contributed by atoms with van der Waals surface area (Å²) in [7, 11) is 0. The molecule has 0 aliphatic carbocycles. The number of thiophene rings is 1. The van der Waals surface area contributed by atoms with Crippen LogP contribution in [0.4, 0.5) is 17.1 Å². The summed E-state index contributed by atoms with van der Waals surface area (Å²) in [5, 5.41) is 7.08. The van der Waals surface area contributed by atoms with Gasteiger partial charge in [0, 0.05) is 54.0 Å². The third-order valence-electron chi connectivity index (χ3n) is 10.3. The fourth-order valence-corrected chi connectivity index (χ4v) is 9.13. The van der Waals surface area contributed by atoms with E-state index in [0.29, 0.717) is 0 Å². The van der Waals surface area contributed by atoms with E-state index in [1.165, 1.54) is 20.2 Å². The highest BCUT2D eigenvalue weighted by molar-refractivity contribution is 7.26. The highest BCUT2D eigenvalue weighted by Gasteiger charge is 2.20. The number of fused-ring (bicyclic) bond motifs is 9. The van der Waals surface area contributed by atoms with Crippen molar-refractivity contribution in [2.45, 2.75) is 0 Å². The molecule has 0 saturated heterocycles. The van der Waals surface area contributed by atoms with Crippen molar-refractivity contribution in [2.24, 2.45) is 0 Å². The first kappa shape index (κ1) is 29.1. The van der Waals surface area contributed by atoms with E-state index in [4.69, 9.17) is 8.83 Å². The van der Waals surface area contributed by atoms with Crippen LogP contribution in [-0.2, 0) is 0 Å². The standard InChI is InChI=1S/C48H29NO2S/c1-4-21-42-36(13-1)38-18-8-17-35(47(38)51-42)31-11-7-12-33(29-31)49(41-20-9-19-39-37-14-3-6-24-45(37)52-48(39)41)32-27-25-30(26-28-32)34-16-10-23-44-46(34)40-15-2-5-22-43(40)50-44/h1-29H. The summed E-state index contributed by atoms with van der Waals surface area (Å²) in [4.78, 5) is 2.40. The predicted octanol–water partition coefficient (Wildman–Crippen LogP) is 14.7. The second kappa shape index (κ2) is 11.5. The van der Waals surface area contributed by atoms with Crippen molar-refractivity contribution in [3.63, 3.8) is 0 Å². The second-order valence-corrected chi connectivity index (χ2v) is 14.3. The van der Waals surface area contributed by atoms with Crippen LogP contribution in [0.15, 0.2) is 185 Å². The summed E-state index contributed by atoms with van der Waals surface area (Å²) in [6.45, 7) is 0. The summed E-state index contributed by atoms with van der Waals surface area (Å²) in [5.74, 6) is 0. The molecule has 244 valence electrons. The van der Waals surface area contributed by atoms with Crippen LogP contribution < -0.4 is 4.90 Å². The monoisotopic (exact) mass is 683 g/mol.